The number of halogens is 1. The number of nitrogens with two attached hydrogens (primary N) is 1. The fourth-order valence-corrected chi connectivity index (χ4v) is 2.93. The Hall–Kier alpha value is 0.0600. The first-order valence-corrected chi connectivity index (χ1v) is 6.96. The van der Waals surface area contributed by atoms with E-state index in [1.54, 1.807) is 18.4 Å². The Balaban J connectivity index is 2.63. The van der Waals surface area contributed by atoms with Crippen molar-refractivity contribution in [2.45, 2.75) is 25.5 Å². The summed E-state index contributed by atoms with van der Waals surface area (Å²) in [7, 11) is 1.67. The van der Waals surface area contributed by atoms with Gasteiger partial charge in [-0.05, 0) is 28.4 Å². The van der Waals surface area contributed by atoms with Crippen LogP contribution in [0, 0.1) is 0 Å². The van der Waals surface area contributed by atoms with Gasteiger partial charge >= 0.3 is 0 Å². The van der Waals surface area contributed by atoms with E-state index in [2.05, 4.69) is 28.9 Å². The van der Waals surface area contributed by atoms with Crippen LogP contribution in [0.2, 0.25) is 0 Å². The van der Waals surface area contributed by atoms with Gasteiger partial charge in [-0.15, -0.1) is 11.3 Å². The van der Waals surface area contributed by atoms with E-state index in [4.69, 9.17) is 15.2 Å². The fourth-order valence-electron chi connectivity index (χ4n) is 1.37. The summed E-state index contributed by atoms with van der Waals surface area (Å²) in [5, 5.41) is 2.05. The number of rotatable bonds is 7. The van der Waals surface area contributed by atoms with Crippen LogP contribution < -0.4 is 5.73 Å². The second-order valence-corrected chi connectivity index (χ2v) is 5.38. The minimum Gasteiger partial charge on any atom is -0.382 e. The number of methoxy groups -OCH3 is 1. The molecule has 0 aliphatic heterocycles. The molecule has 1 aromatic heterocycles. The van der Waals surface area contributed by atoms with Gasteiger partial charge in [0, 0.05) is 27.9 Å². The molecule has 1 aromatic rings. The highest BCUT2D eigenvalue weighted by atomic mass is 79.9. The van der Waals surface area contributed by atoms with Gasteiger partial charge < -0.3 is 15.2 Å². The van der Waals surface area contributed by atoms with Gasteiger partial charge in [-0.1, -0.05) is 6.92 Å². The lowest BCUT2D eigenvalue weighted by molar-refractivity contribution is 0.00452. The summed E-state index contributed by atoms with van der Waals surface area (Å²) < 4.78 is 11.8. The Labute approximate surface area is 109 Å². The van der Waals surface area contributed by atoms with E-state index in [1.165, 1.54) is 0 Å². The molecule has 5 heteroatoms. The van der Waals surface area contributed by atoms with Crippen molar-refractivity contribution < 1.29 is 9.47 Å². The number of hydrogen-bond acceptors (Lipinski definition) is 4. The fraction of sp³-hybridized carbons (Fsp3) is 0.636. The van der Waals surface area contributed by atoms with Crippen LogP contribution in [0.4, 0.5) is 0 Å². The zero-order valence-corrected chi connectivity index (χ0v) is 12.0. The predicted octanol–water partition coefficient (Wildman–Crippen LogP) is 2.95. The molecule has 0 aromatic carbocycles. The van der Waals surface area contributed by atoms with Crippen molar-refractivity contribution in [3.8, 4) is 0 Å². The van der Waals surface area contributed by atoms with Crippen molar-refractivity contribution in [3.63, 3.8) is 0 Å². The molecule has 2 unspecified atom stereocenters. The van der Waals surface area contributed by atoms with Gasteiger partial charge in [-0.3, -0.25) is 0 Å². The van der Waals surface area contributed by atoms with Crippen molar-refractivity contribution in [1.82, 2.24) is 0 Å². The quantitative estimate of drug-likeness (QED) is 0.788. The average molecular weight is 308 g/mol. The van der Waals surface area contributed by atoms with Crippen molar-refractivity contribution in [1.29, 1.82) is 0 Å². The van der Waals surface area contributed by atoms with E-state index in [-0.39, 0.29) is 12.1 Å². The van der Waals surface area contributed by atoms with Gasteiger partial charge in [0.05, 0.1) is 13.2 Å². The molecular weight excluding hydrogens is 290 g/mol. The minimum atomic E-state index is -0.0311. The van der Waals surface area contributed by atoms with Crippen molar-refractivity contribution in [2.24, 2.45) is 5.73 Å². The van der Waals surface area contributed by atoms with Crippen LogP contribution >= 0.6 is 27.3 Å². The maximum atomic E-state index is 6.07. The first kappa shape index (κ1) is 14.1. The van der Waals surface area contributed by atoms with Gasteiger partial charge in [0.15, 0.2) is 0 Å². The van der Waals surface area contributed by atoms with Gasteiger partial charge in [0.2, 0.25) is 0 Å². The molecule has 0 saturated heterocycles. The summed E-state index contributed by atoms with van der Waals surface area (Å²) >= 11 is 5.11. The molecule has 0 spiro atoms. The van der Waals surface area contributed by atoms with E-state index < -0.39 is 0 Å². The molecule has 0 fully saturated rings. The van der Waals surface area contributed by atoms with E-state index >= 15 is 0 Å². The molecule has 2 N–H and O–H groups in total. The topological polar surface area (TPSA) is 44.5 Å². The molecule has 0 amide bonds. The Bertz CT molecular complexity index is 306. The number of ether oxygens (including phenoxy) is 2. The first-order chi connectivity index (χ1) is 7.69. The van der Waals surface area contributed by atoms with Gasteiger partial charge in [-0.25, -0.2) is 0 Å². The summed E-state index contributed by atoms with van der Waals surface area (Å²) in [4.78, 5) is 1.16. The molecular formula is C11H18BrNO2S. The van der Waals surface area contributed by atoms with Crippen molar-refractivity contribution in [2.75, 3.05) is 20.3 Å². The highest BCUT2D eigenvalue weighted by molar-refractivity contribution is 9.10. The van der Waals surface area contributed by atoms with Crippen LogP contribution in [0.5, 0.6) is 0 Å². The van der Waals surface area contributed by atoms with Gasteiger partial charge in [-0.2, -0.15) is 0 Å². The SMILES string of the molecule is CCC(N)C(OCCOC)c1cc(Br)cs1. The molecule has 0 bridgehead atoms. The zero-order chi connectivity index (χ0) is 12.0. The Morgan fingerprint density at radius 2 is 2.25 bits per heavy atom. The Kier molecular flexibility index (Phi) is 6.53. The monoisotopic (exact) mass is 307 g/mol. The predicted molar refractivity (Wildman–Crippen MR) is 70.9 cm³/mol. The van der Waals surface area contributed by atoms with Crippen LogP contribution in [0.25, 0.3) is 0 Å². The lowest BCUT2D eigenvalue weighted by atomic mass is 10.1. The molecule has 3 nitrogen and oxygen atoms in total. The molecule has 1 heterocycles. The first-order valence-electron chi connectivity index (χ1n) is 5.29. The summed E-state index contributed by atoms with van der Waals surface area (Å²) in [5.41, 5.74) is 6.07. The maximum absolute atomic E-state index is 6.07. The summed E-state index contributed by atoms with van der Waals surface area (Å²) in [6.07, 6.45) is 0.865. The third-order valence-electron chi connectivity index (χ3n) is 2.31. The molecule has 0 saturated carbocycles. The van der Waals surface area contributed by atoms with Crippen molar-refractivity contribution in [3.05, 3.63) is 20.8 Å². The highest BCUT2D eigenvalue weighted by Gasteiger charge is 2.20. The molecule has 0 aliphatic rings. The molecule has 92 valence electrons. The van der Waals surface area contributed by atoms with E-state index in [0.29, 0.717) is 13.2 Å². The standard InChI is InChI=1S/C11H18BrNO2S/c1-3-9(13)11(15-5-4-14-2)10-6-8(12)7-16-10/h6-7,9,11H,3-5,13H2,1-2H3. The van der Waals surface area contributed by atoms with E-state index in [1.807, 2.05) is 5.38 Å². The minimum absolute atomic E-state index is 0.0300. The molecule has 0 aliphatic carbocycles. The molecule has 2 atom stereocenters. The van der Waals surface area contributed by atoms with Crippen LogP contribution in [0.15, 0.2) is 15.9 Å². The highest BCUT2D eigenvalue weighted by Crippen LogP contribution is 2.30. The number of hydrogen-bond donors (Lipinski definition) is 1. The normalized spacial score (nSPS) is 15.0. The molecule has 1 rings (SSSR count). The van der Waals surface area contributed by atoms with Gasteiger partial charge in [0.1, 0.15) is 6.10 Å². The average Bonchev–Trinajstić information content (AvgIpc) is 2.70. The smallest absolute Gasteiger partial charge is 0.107 e. The number of thiophene rings is 1. The van der Waals surface area contributed by atoms with Crippen LogP contribution in [0.3, 0.4) is 0 Å². The second kappa shape index (κ2) is 7.40. The second-order valence-electron chi connectivity index (χ2n) is 3.52. The summed E-state index contributed by atoms with van der Waals surface area (Å²) in [5.74, 6) is 0. The largest absolute Gasteiger partial charge is 0.382 e. The van der Waals surface area contributed by atoms with E-state index in [9.17, 15) is 0 Å². The lowest BCUT2D eigenvalue weighted by Crippen LogP contribution is -2.29. The third-order valence-corrected chi connectivity index (χ3v) is 4.07. The van der Waals surface area contributed by atoms with Crippen LogP contribution in [-0.4, -0.2) is 26.4 Å². The van der Waals surface area contributed by atoms with Crippen LogP contribution in [0.1, 0.15) is 24.3 Å². The van der Waals surface area contributed by atoms with Crippen LogP contribution in [-0.2, 0) is 9.47 Å². The third kappa shape index (κ3) is 4.14. The lowest BCUT2D eigenvalue weighted by Gasteiger charge is -2.22. The maximum Gasteiger partial charge on any atom is 0.107 e. The summed E-state index contributed by atoms with van der Waals surface area (Å²) in [6.45, 7) is 3.24. The molecule has 0 radical (unpaired) electrons. The Morgan fingerprint density at radius 3 is 2.75 bits per heavy atom. The zero-order valence-electron chi connectivity index (χ0n) is 9.61. The van der Waals surface area contributed by atoms with Crippen molar-refractivity contribution >= 4 is 27.3 Å². The summed E-state index contributed by atoms with van der Waals surface area (Å²) in [6, 6.07) is 2.10. The Morgan fingerprint density at radius 1 is 1.50 bits per heavy atom. The van der Waals surface area contributed by atoms with Gasteiger partial charge in [0.25, 0.3) is 0 Å². The molecule has 16 heavy (non-hydrogen) atoms. The van der Waals surface area contributed by atoms with E-state index in [0.717, 1.165) is 15.8 Å².